The van der Waals surface area contributed by atoms with E-state index >= 15 is 0 Å². The molecule has 3 nitrogen and oxygen atoms in total. The molecule has 1 amide bonds. The third kappa shape index (κ3) is 2.97. The highest BCUT2D eigenvalue weighted by Crippen LogP contribution is 2.33. The third-order valence-electron chi connectivity index (χ3n) is 3.83. The van der Waals surface area contributed by atoms with E-state index < -0.39 is 0 Å². The molecule has 16 heavy (non-hydrogen) atoms. The third-order valence-corrected chi connectivity index (χ3v) is 3.83. The van der Waals surface area contributed by atoms with Gasteiger partial charge in [-0.1, -0.05) is 20.8 Å². The van der Waals surface area contributed by atoms with Gasteiger partial charge in [-0.15, -0.1) is 0 Å². The van der Waals surface area contributed by atoms with Crippen molar-refractivity contribution in [2.24, 2.45) is 11.3 Å². The monoisotopic (exact) mass is 224 g/mol. The number of amides is 1. The van der Waals surface area contributed by atoms with E-state index in [1.165, 1.54) is 12.8 Å². The Balaban J connectivity index is 1.75. The van der Waals surface area contributed by atoms with Crippen LogP contribution in [0.2, 0.25) is 0 Å². The number of likely N-dealkylation sites (tertiary alicyclic amines) is 1. The van der Waals surface area contributed by atoms with Crippen molar-refractivity contribution in [3.8, 4) is 0 Å². The second-order valence-corrected chi connectivity index (χ2v) is 6.34. The van der Waals surface area contributed by atoms with Gasteiger partial charge < -0.3 is 10.2 Å². The van der Waals surface area contributed by atoms with Crippen LogP contribution in [0, 0.1) is 11.3 Å². The first-order valence-corrected chi connectivity index (χ1v) is 6.48. The van der Waals surface area contributed by atoms with Gasteiger partial charge >= 0.3 is 0 Å². The Hall–Kier alpha value is -0.570. The summed E-state index contributed by atoms with van der Waals surface area (Å²) in [5.41, 5.74) is 0.258. The minimum Gasteiger partial charge on any atom is -0.341 e. The van der Waals surface area contributed by atoms with Gasteiger partial charge in [0.1, 0.15) is 0 Å². The molecule has 3 heteroatoms. The van der Waals surface area contributed by atoms with Gasteiger partial charge in [0, 0.05) is 32.1 Å². The molecule has 1 saturated carbocycles. The van der Waals surface area contributed by atoms with Crippen LogP contribution in [0.1, 0.15) is 40.0 Å². The zero-order valence-electron chi connectivity index (χ0n) is 10.8. The lowest BCUT2D eigenvalue weighted by atomic mass is 9.80. The lowest BCUT2D eigenvalue weighted by Gasteiger charge is -2.26. The molecule has 2 rings (SSSR count). The van der Waals surface area contributed by atoms with Crippen molar-refractivity contribution in [3.63, 3.8) is 0 Å². The number of nitrogens with one attached hydrogen (secondary N) is 1. The molecule has 0 aromatic rings. The fourth-order valence-electron chi connectivity index (χ4n) is 2.26. The molecule has 0 spiro atoms. The summed E-state index contributed by atoms with van der Waals surface area (Å²) in [5, 5.41) is 3.46. The van der Waals surface area contributed by atoms with Gasteiger partial charge in [-0.2, -0.15) is 0 Å². The summed E-state index contributed by atoms with van der Waals surface area (Å²) in [6, 6.07) is 0.746. The fourth-order valence-corrected chi connectivity index (χ4v) is 2.26. The quantitative estimate of drug-likeness (QED) is 0.787. The Morgan fingerprint density at radius 3 is 2.56 bits per heavy atom. The van der Waals surface area contributed by atoms with Gasteiger partial charge in [0.05, 0.1) is 0 Å². The van der Waals surface area contributed by atoms with E-state index in [2.05, 4.69) is 26.1 Å². The van der Waals surface area contributed by atoms with E-state index in [1.54, 1.807) is 0 Å². The smallest absolute Gasteiger partial charge is 0.222 e. The van der Waals surface area contributed by atoms with Gasteiger partial charge in [0.25, 0.3) is 0 Å². The zero-order chi connectivity index (χ0) is 11.8. The first kappa shape index (κ1) is 11.9. The Morgan fingerprint density at radius 1 is 1.38 bits per heavy atom. The first-order chi connectivity index (χ1) is 7.47. The van der Waals surface area contributed by atoms with E-state index in [9.17, 15) is 4.79 Å². The van der Waals surface area contributed by atoms with Crippen molar-refractivity contribution in [3.05, 3.63) is 0 Å². The van der Waals surface area contributed by atoms with Crippen LogP contribution in [0.4, 0.5) is 0 Å². The second-order valence-electron chi connectivity index (χ2n) is 6.34. The highest BCUT2D eigenvalue weighted by molar-refractivity contribution is 5.78. The molecule has 1 N–H and O–H groups in total. The van der Waals surface area contributed by atoms with Crippen LogP contribution in [-0.2, 0) is 4.79 Å². The van der Waals surface area contributed by atoms with Crippen LogP contribution >= 0.6 is 0 Å². The fraction of sp³-hybridized carbons (Fsp3) is 0.923. The molecule has 0 aromatic heterocycles. The molecule has 0 aromatic carbocycles. The average Bonchev–Trinajstić information content (AvgIpc) is 2.90. The van der Waals surface area contributed by atoms with Gasteiger partial charge in [0.2, 0.25) is 5.91 Å². The maximum absolute atomic E-state index is 11.8. The maximum atomic E-state index is 11.8. The number of carbonyl (C=O) groups is 1. The van der Waals surface area contributed by atoms with Gasteiger partial charge in [0.15, 0.2) is 0 Å². The Bertz CT molecular complexity index is 266. The summed E-state index contributed by atoms with van der Waals surface area (Å²) >= 11 is 0. The lowest BCUT2D eigenvalue weighted by Crippen LogP contribution is -2.34. The lowest BCUT2D eigenvalue weighted by molar-refractivity contribution is -0.127. The van der Waals surface area contributed by atoms with E-state index in [4.69, 9.17) is 0 Å². The Kier molecular flexibility index (Phi) is 3.24. The molecule has 1 saturated heterocycles. The van der Waals surface area contributed by atoms with Crippen LogP contribution in [0.25, 0.3) is 0 Å². The molecule has 1 unspecified atom stereocenters. The number of hydrogen-bond donors (Lipinski definition) is 1. The summed E-state index contributed by atoms with van der Waals surface area (Å²) in [6.07, 6.45) is 3.38. The molecule has 92 valence electrons. The van der Waals surface area contributed by atoms with Crippen LogP contribution in [0.5, 0.6) is 0 Å². The van der Waals surface area contributed by atoms with Crippen molar-refractivity contribution in [2.75, 3.05) is 19.6 Å². The van der Waals surface area contributed by atoms with Crippen LogP contribution < -0.4 is 5.32 Å². The topological polar surface area (TPSA) is 32.3 Å². The zero-order valence-corrected chi connectivity index (χ0v) is 10.8. The Labute approximate surface area is 98.6 Å². The number of hydrogen-bond acceptors (Lipinski definition) is 2. The molecule has 2 aliphatic rings. The molecular formula is C13H24N2O. The van der Waals surface area contributed by atoms with Crippen molar-refractivity contribution in [1.29, 1.82) is 0 Å². The van der Waals surface area contributed by atoms with Gasteiger partial charge in [-0.05, 0) is 24.2 Å². The molecule has 2 fully saturated rings. The number of rotatable bonds is 4. The molecule has 1 heterocycles. The number of carbonyl (C=O) groups excluding carboxylic acids is 1. The second kappa shape index (κ2) is 4.36. The largest absolute Gasteiger partial charge is 0.341 e. The van der Waals surface area contributed by atoms with Crippen molar-refractivity contribution < 1.29 is 4.79 Å². The molecule has 1 aliphatic heterocycles. The maximum Gasteiger partial charge on any atom is 0.222 e. The highest BCUT2D eigenvalue weighted by atomic mass is 16.2. The summed E-state index contributed by atoms with van der Waals surface area (Å²) < 4.78 is 0. The van der Waals surface area contributed by atoms with E-state index in [1.807, 2.05) is 4.90 Å². The van der Waals surface area contributed by atoms with E-state index in [0.717, 1.165) is 32.1 Å². The first-order valence-electron chi connectivity index (χ1n) is 6.48. The standard InChI is InChI=1S/C13H24N2O/c1-13(2,3)10-8-12(16)15(9-10)7-6-14-11-4-5-11/h10-11,14H,4-9H2,1-3H3. The predicted octanol–water partition coefficient (Wildman–Crippen LogP) is 1.63. The van der Waals surface area contributed by atoms with Crippen LogP contribution in [-0.4, -0.2) is 36.5 Å². The molecular weight excluding hydrogens is 200 g/mol. The van der Waals surface area contributed by atoms with Crippen molar-refractivity contribution in [1.82, 2.24) is 10.2 Å². The van der Waals surface area contributed by atoms with Crippen molar-refractivity contribution >= 4 is 5.91 Å². The van der Waals surface area contributed by atoms with E-state index in [-0.39, 0.29) is 5.41 Å². The van der Waals surface area contributed by atoms with Crippen LogP contribution in [0.3, 0.4) is 0 Å². The Morgan fingerprint density at radius 2 is 2.06 bits per heavy atom. The average molecular weight is 224 g/mol. The minimum atomic E-state index is 0.258. The molecule has 0 radical (unpaired) electrons. The number of nitrogens with zero attached hydrogens (tertiary/aromatic N) is 1. The van der Waals surface area contributed by atoms with Crippen molar-refractivity contribution in [2.45, 2.75) is 46.1 Å². The predicted molar refractivity (Wildman–Crippen MR) is 65.2 cm³/mol. The van der Waals surface area contributed by atoms with Gasteiger partial charge in [-0.25, -0.2) is 0 Å². The minimum absolute atomic E-state index is 0.258. The van der Waals surface area contributed by atoms with Gasteiger partial charge in [-0.3, -0.25) is 4.79 Å². The van der Waals surface area contributed by atoms with E-state index in [0.29, 0.717) is 11.8 Å². The summed E-state index contributed by atoms with van der Waals surface area (Å²) in [7, 11) is 0. The molecule has 1 atom stereocenters. The van der Waals surface area contributed by atoms with Crippen LogP contribution in [0.15, 0.2) is 0 Å². The normalized spacial score (nSPS) is 26.6. The SMILES string of the molecule is CC(C)(C)C1CC(=O)N(CCNC2CC2)C1. The summed E-state index contributed by atoms with van der Waals surface area (Å²) in [4.78, 5) is 13.9. The molecule has 1 aliphatic carbocycles. The summed E-state index contributed by atoms with van der Waals surface area (Å²) in [5.74, 6) is 0.874. The summed E-state index contributed by atoms with van der Waals surface area (Å²) in [6.45, 7) is 9.51. The highest BCUT2D eigenvalue weighted by Gasteiger charge is 2.36. The molecule has 0 bridgehead atoms.